The number of pyridine rings is 2. The molecule has 3 heterocycles. The number of thiazole rings is 1. The molecule has 0 spiro atoms. The van der Waals surface area contributed by atoms with E-state index in [1.54, 1.807) is 17.5 Å². The highest BCUT2D eigenvalue weighted by atomic mass is 32.1. The number of nitrogens with one attached hydrogen (secondary N) is 1. The second kappa shape index (κ2) is 8.24. The van der Waals surface area contributed by atoms with Crippen molar-refractivity contribution in [1.82, 2.24) is 15.0 Å². The molecule has 0 unspecified atom stereocenters. The van der Waals surface area contributed by atoms with E-state index in [9.17, 15) is 5.11 Å². The molecule has 4 rings (SSSR count). The summed E-state index contributed by atoms with van der Waals surface area (Å²) in [4.78, 5) is 17.0. The minimum atomic E-state index is -0.140. The van der Waals surface area contributed by atoms with Gasteiger partial charge in [-0.05, 0) is 62.4 Å². The van der Waals surface area contributed by atoms with E-state index in [1.807, 2.05) is 43.5 Å². The topological polar surface area (TPSA) is 74.2 Å². The van der Waals surface area contributed by atoms with Gasteiger partial charge in [-0.1, -0.05) is 17.4 Å². The van der Waals surface area contributed by atoms with Gasteiger partial charge in [-0.3, -0.25) is 0 Å². The summed E-state index contributed by atoms with van der Waals surface area (Å²) in [5, 5.41) is 14.0. The van der Waals surface area contributed by atoms with Crippen molar-refractivity contribution in [3.63, 3.8) is 0 Å². The molecule has 7 heteroatoms. The summed E-state index contributed by atoms with van der Waals surface area (Å²) in [5.41, 5.74) is 2.05. The van der Waals surface area contributed by atoms with E-state index in [-0.39, 0.29) is 6.10 Å². The Morgan fingerprint density at radius 2 is 1.93 bits per heavy atom. The SMILES string of the molecule is Cc1ccnc(Nc2cccc(-c3cnc(N(C)C4CCC(O)CC4)s3)n2)c1. The molecule has 28 heavy (non-hydrogen) atoms. The second-order valence-electron chi connectivity index (χ2n) is 7.33. The number of aryl methyl sites for hydroxylation is 1. The molecule has 146 valence electrons. The molecule has 1 fully saturated rings. The number of aromatic nitrogens is 3. The minimum Gasteiger partial charge on any atom is -0.393 e. The van der Waals surface area contributed by atoms with Crippen LogP contribution in [0.25, 0.3) is 10.6 Å². The molecule has 3 aromatic rings. The average Bonchev–Trinajstić information content (AvgIpc) is 3.19. The third kappa shape index (κ3) is 4.31. The van der Waals surface area contributed by atoms with E-state index < -0.39 is 0 Å². The third-order valence-corrected chi connectivity index (χ3v) is 6.29. The van der Waals surface area contributed by atoms with Crippen LogP contribution in [0, 0.1) is 6.92 Å². The summed E-state index contributed by atoms with van der Waals surface area (Å²) >= 11 is 1.65. The molecule has 1 saturated carbocycles. The molecule has 1 aliphatic carbocycles. The van der Waals surface area contributed by atoms with Crippen LogP contribution in [0.4, 0.5) is 16.8 Å². The Morgan fingerprint density at radius 1 is 1.11 bits per heavy atom. The first-order chi connectivity index (χ1) is 13.6. The van der Waals surface area contributed by atoms with E-state index in [0.29, 0.717) is 6.04 Å². The van der Waals surface area contributed by atoms with Gasteiger partial charge in [-0.15, -0.1) is 0 Å². The van der Waals surface area contributed by atoms with Crippen molar-refractivity contribution >= 4 is 28.1 Å². The molecule has 0 atom stereocenters. The average molecular weight is 396 g/mol. The van der Waals surface area contributed by atoms with Gasteiger partial charge >= 0.3 is 0 Å². The maximum atomic E-state index is 9.73. The van der Waals surface area contributed by atoms with Gasteiger partial charge in [-0.2, -0.15) is 0 Å². The summed E-state index contributed by atoms with van der Waals surface area (Å²) in [6.45, 7) is 2.04. The Morgan fingerprint density at radius 3 is 2.71 bits per heavy atom. The number of hydrogen-bond acceptors (Lipinski definition) is 7. The Balaban J connectivity index is 1.49. The Hall–Kier alpha value is -2.51. The lowest BCUT2D eigenvalue weighted by Crippen LogP contribution is -2.36. The van der Waals surface area contributed by atoms with Gasteiger partial charge in [0.1, 0.15) is 11.6 Å². The zero-order valence-corrected chi connectivity index (χ0v) is 17.0. The number of aliphatic hydroxyl groups is 1. The molecule has 3 aromatic heterocycles. The van der Waals surface area contributed by atoms with Crippen molar-refractivity contribution in [3.8, 4) is 10.6 Å². The van der Waals surface area contributed by atoms with Crippen LogP contribution in [0.2, 0.25) is 0 Å². The molecule has 1 aliphatic rings. The minimum absolute atomic E-state index is 0.140. The van der Waals surface area contributed by atoms with Gasteiger partial charge in [0.2, 0.25) is 0 Å². The van der Waals surface area contributed by atoms with Gasteiger partial charge in [0.05, 0.1) is 16.7 Å². The monoisotopic (exact) mass is 395 g/mol. The normalized spacial score (nSPS) is 19.4. The van der Waals surface area contributed by atoms with Crippen LogP contribution in [0.15, 0.2) is 42.7 Å². The summed E-state index contributed by atoms with van der Waals surface area (Å²) in [6.07, 6.45) is 7.30. The van der Waals surface area contributed by atoms with Gasteiger partial charge in [-0.25, -0.2) is 15.0 Å². The van der Waals surface area contributed by atoms with Crippen LogP contribution >= 0.6 is 11.3 Å². The zero-order valence-electron chi connectivity index (χ0n) is 16.2. The number of aliphatic hydroxyl groups excluding tert-OH is 1. The fraction of sp³-hybridized carbons (Fsp3) is 0.381. The summed E-state index contributed by atoms with van der Waals surface area (Å²) < 4.78 is 0. The van der Waals surface area contributed by atoms with Crippen molar-refractivity contribution in [1.29, 1.82) is 0 Å². The van der Waals surface area contributed by atoms with Gasteiger partial charge in [0.15, 0.2) is 5.13 Å². The van der Waals surface area contributed by atoms with Crippen molar-refractivity contribution < 1.29 is 5.11 Å². The summed E-state index contributed by atoms with van der Waals surface area (Å²) in [6, 6.07) is 10.3. The molecule has 6 nitrogen and oxygen atoms in total. The first-order valence-corrected chi connectivity index (χ1v) is 10.4. The Kier molecular flexibility index (Phi) is 5.54. The fourth-order valence-electron chi connectivity index (χ4n) is 3.53. The molecule has 0 aromatic carbocycles. The lowest BCUT2D eigenvalue weighted by molar-refractivity contribution is 0.122. The summed E-state index contributed by atoms with van der Waals surface area (Å²) in [7, 11) is 2.10. The molecule has 0 aliphatic heterocycles. The predicted molar refractivity (Wildman–Crippen MR) is 114 cm³/mol. The second-order valence-corrected chi connectivity index (χ2v) is 8.34. The van der Waals surface area contributed by atoms with E-state index >= 15 is 0 Å². The van der Waals surface area contributed by atoms with Gasteiger partial charge in [0, 0.05) is 25.5 Å². The number of hydrogen-bond donors (Lipinski definition) is 2. The zero-order chi connectivity index (χ0) is 19.5. The number of nitrogens with zero attached hydrogens (tertiary/aromatic N) is 4. The van der Waals surface area contributed by atoms with Crippen molar-refractivity contribution in [3.05, 3.63) is 48.3 Å². The largest absolute Gasteiger partial charge is 0.393 e. The highest BCUT2D eigenvalue weighted by molar-refractivity contribution is 7.18. The van der Waals surface area contributed by atoms with Crippen LogP contribution in [-0.2, 0) is 0 Å². The maximum Gasteiger partial charge on any atom is 0.185 e. The van der Waals surface area contributed by atoms with Gasteiger partial charge in [0.25, 0.3) is 0 Å². The first kappa shape index (κ1) is 18.8. The van der Waals surface area contributed by atoms with Crippen molar-refractivity contribution in [2.75, 3.05) is 17.3 Å². The van der Waals surface area contributed by atoms with Crippen LogP contribution in [-0.4, -0.2) is 39.3 Å². The predicted octanol–water partition coefficient (Wildman–Crippen LogP) is 4.39. The molecular weight excluding hydrogens is 370 g/mol. The number of rotatable bonds is 5. The van der Waals surface area contributed by atoms with Gasteiger partial charge < -0.3 is 15.3 Å². The standard InChI is InChI=1S/C21H25N5OS/c1-14-10-11-22-20(12-14)25-19-5-3-4-17(24-19)18-13-23-21(28-18)26(2)15-6-8-16(27)9-7-15/h3-5,10-13,15-16,27H,6-9H2,1-2H3,(H,22,24,25). The van der Waals surface area contributed by atoms with Crippen LogP contribution < -0.4 is 10.2 Å². The first-order valence-electron chi connectivity index (χ1n) is 9.62. The van der Waals surface area contributed by atoms with E-state index in [4.69, 9.17) is 4.98 Å². The molecule has 0 radical (unpaired) electrons. The molecule has 0 bridgehead atoms. The number of anilines is 3. The molecule has 2 N–H and O–H groups in total. The van der Waals surface area contributed by atoms with Crippen LogP contribution in [0.3, 0.4) is 0 Å². The van der Waals surface area contributed by atoms with Crippen molar-refractivity contribution in [2.24, 2.45) is 0 Å². The van der Waals surface area contributed by atoms with E-state index in [1.165, 1.54) is 0 Å². The smallest absolute Gasteiger partial charge is 0.185 e. The Labute approximate surface area is 169 Å². The lowest BCUT2D eigenvalue weighted by atomic mass is 9.92. The van der Waals surface area contributed by atoms with Crippen molar-refractivity contribution in [2.45, 2.75) is 44.8 Å². The third-order valence-electron chi connectivity index (χ3n) is 5.18. The van der Waals surface area contributed by atoms with E-state index in [0.717, 1.165) is 58.6 Å². The fourth-order valence-corrected chi connectivity index (χ4v) is 4.44. The molecule has 0 amide bonds. The quantitative estimate of drug-likeness (QED) is 0.667. The van der Waals surface area contributed by atoms with Crippen LogP contribution in [0.1, 0.15) is 31.2 Å². The lowest BCUT2D eigenvalue weighted by Gasteiger charge is -2.32. The van der Waals surface area contributed by atoms with E-state index in [2.05, 4.69) is 27.2 Å². The highest BCUT2D eigenvalue weighted by Gasteiger charge is 2.24. The Bertz CT molecular complexity index is 936. The molecular formula is C21H25N5OS. The van der Waals surface area contributed by atoms with Crippen LogP contribution in [0.5, 0.6) is 0 Å². The highest BCUT2D eigenvalue weighted by Crippen LogP contribution is 2.33. The maximum absolute atomic E-state index is 9.73. The summed E-state index contributed by atoms with van der Waals surface area (Å²) in [5.74, 6) is 1.55. The molecule has 0 saturated heterocycles.